The Bertz CT molecular complexity index is 658. The molecule has 0 spiro atoms. The average molecular weight is 327 g/mol. The van der Waals surface area contributed by atoms with Crippen LogP contribution in [-0.4, -0.2) is 23.7 Å². The maximum Gasteiger partial charge on any atom is 0.265 e. The zero-order valence-corrected chi connectivity index (χ0v) is 14.7. The Morgan fingerprint density at radius 1 is 1.08 bits per heavy atom. The molecule has 4 nitrogen and oxygen atoms in total. The second kappa shape index (κ2) is 7.49. The number of carbonyl (C=O) groups excluding carboxylic acids is 1. The van der Waals surface area contributed by atoms with E-state index in [1.807, 2.05) is 44.2 Å². The van der Waals surface area contributed by atoms with Gasteiger partial charge in [-0.1, -0.05) is 30.3 Å². The Labute approximate surface area is 143 Å². The number of hydrogen-bond donors (Lipinski definition) is 1. The van der Waals surface area contributed by atoms with Crippen LogP contribution >= 0.6 is 0 Å². The highest BCUT2D eigenvalue weighted by Gasteiger charge is 2.20. The van der Waals surface area contributed by atoms with Gasteiger partial charge in [0.25, 0.3) is 5.91 Å². The van der Waals surface area contributed by atoms with Crippen LogP contribution < -0.4 is 9.64 Å². The summed E-state index contributed by atoms with van der Waals surface area (Å²) in [4.78, 5) is 14.3. The summed E-state index contributed by atoms with van der Waals surface area (Å²) in [6.07, 6.45) is 0. The van der Waals surface area contributed by atoms with Crippen LogP contribution in [0.15, 0.2) is 54.6 Å². The largest absolute Gasteiger partial charge is 0.484 e. The third-order valence-corrected chi connectivity index (χ3v) is 3.74. The summed E-state index contributed by atoms with van der Waals surface area (Å²) in [7, 11) is 0. The molecule has 0 aliphatic carbocycles. The molecule has 24 heavy (non-hydrogen) atoms. The van der Waals surface area contributed by atoms with Gasteiger partial charge in [0.15, 0.2) is 6.61 Å². The molecule has 2 aromatic carbocycles. The van der Waals surface area contributed by atoms with E-state index < -0.39 is 5.60 Å². The molecule has 0 radical (unpaired) electrons. The summed E-state index contributed by atoms with van der Waals surface area (Å²) in [5.41, 5.74) is 0.767. The molecule has 0 atom stereocenters. The highest BCUT2D eigenvalue weighted by atomic mass is 16.5. The first-order valence-electron chi connectivity index (χ1n) is 8.12. The molecular weight excluding hydrogens is 302 g/mol. The number of para-hydroxylation sites is 1. The summed E-state index contributed by atoms with van der Waals surface area (Å²) in [6.45, 7) is 7.38. The van der Waals surface area contributed by atoms with E-state index in [0.717, 1.165) is 11.3 Å². The first-order valence-corrected chi connectivity index (χ1v) is 8.12. The average Bonchev–Trinajstić information content (AvgIpc) is 2.53. The summed E-state index contributed by atoms with van der Waals surface area (Å²) in [6, 6.07) is 16.8. The number of nitrogens with zero attached hydrogens (tertiary/aromatic N) is 1. The fourth-order valence-electron chi connectivity index (χ4n) is 2.49. The van der Waals surface area contributed by atoms with Gasteiger partial charge in [0.2, 0.25) is 0 Å². The molecule has 1 amide bonds. The number of rotatable bonds is 6. The Kier molecular flexibility index (Phi) is 5.62. The monoisotopic (exact) mass is 327 g/mol. The van der Waals surface area contributed by atoms with Crippen molar-refractivity contribution < 1.29 is 14.6 Å². The van der Waals surface area contributed by atoms with Crippen molar-refractivity contribution in [3.05, 3.63) is 60.2 Å². The second-order valence-electron chi connectivity index (χ2n) is 6.57. The highest BCUT2D eigenvalue weighted by Crippen LogP contribution is 2.22. The van der Waals surface area contributed by atoms with Crippen molar-refractivity contribution in [2.75, 3.05) is 11.5 Å². The van der Waals surface area contributed by atoms with Crippen LogP contribution in [0, 0.1) is 0 Å². The first kappa shape index (κ1) is 18.0. The molecule has 0 heterocycles. The van der Waals surface area contributed by atoms with Gasteiger partial charge in [0.05, 0.1) is 5.60 Å². The number of hydrogen-bond acceptors (Lipinski definition) is 3. The lowest BCUT2D eigenvalue weighted by molar-refractivity contribution is -0.120. The molecule has 0 aliphatic rings. The molecule has 0 aromatic heterocycles. The van der Waals surface area contributed by atoms with Gasteiger partial charge in [0.1, 0.15) is 5.75 Å². The summed E-state index contributed by atoms with van der Waals surface area (Å²) < 4.78 is 5.62. The molecule has 0 saturated carbocycles. The number of carbonyl (C=O) groups is 1. The quantitative estimate of drug-likeness (QED) is 0.879. The maximum absolute atomic E-state index is 12.5. The van der Waals surface area contributed by atoms with Crippen LogP contribution in [-0.2, 0) is 10.4 Å². The zero-order valence-electron chi connectivity index (χ0n) is 14.7. The highest BCUT2D eigenvalue weighted by molar-refractivity contribution is 5.94. The molecule has 2 rings (SSSR count). The van der Waals surface area contributed by atoms with Crippen molar-refractivity contribution in [2.45, 2.75) is 39.3 Å². The molecular formula is C20H25NO3. The van der Waals surface area contributed by atoms with E-state index in [4.69, 9.17) is 4.74 Å². The number of aliphatic hydroxyl groups is 1. The number of benzene rings is 2. The first-order chi connectivity index (χ1) is 11.3. The molecule has 0 aliphatic heterocycles. The Morgan fingerprint density at radius 2 is 1.67 bits per heavy atom. The molecule has 0 bridgehead atoms. The Balaban J connectivity index is 2.03. The lowest BCUT2D eigenvalue weighted by atomic mass is 9.99. The smallest absolute Gasteiger partial charge is 0.265 e. The van der Waals surface area contributed by atoms with E-state index >= 15 is 0 Å². The molecule has 0 fully saturated rings. The van der Waals surface area contributed by atoms with Crippen LogP contribution in [0.3, 0.4) is 0 Å². The van der Waals surface area contributed by atoms with Crippen molar-refractivity contribution >= 4 is 11.6 Å². The van der Waals surface area contributed by atoms with E-state index in [-0.39, 0.29) is 18.6 Å². The molecule has 0 unspecified atom stereocenters. The van der Waals surface area contributed by atoms with Gasteiger partial charge in [-0.3, -0.25) is 4.79 Å². The third-order valence-electron chi connectivity index (χ3n) is 3.74. The van der Waals surface area contributed by atoms with Crippen LogP contribution in [0.5, 0.6) is 5.75 Å². The van der Waals surface area contributed by atoms with Crippen LogP contribution in [0.25, 0.3) is 0 Å². The molecule has 128 valence electrons. The Morgan fingerprint density at radius 3 is 2.17 bits per heavy atom. The third kappa shape index (κ3) is 4.59. The maximum atomic E-state index is 12.5. The van der Waals surface area contributed by atoms with Crippen LogP contribution in [0.2, 0.25) is 0 Å². The normalized spacial score (nSPS) is 11.4. The fraction of sp³-hybridized carbons (Fsp3) is 0.350. The van der Waals surface area contributed by atoms with E-state index in [1.54, 1.807) is 43.0 Å². The standard InChI is InChI=1S/C20H25NO3/c1-15(2)21(17-8-6-5-7-9-17)19(22)14-24-18-12-10-16(11-13-18)20(3,4)23/h5-13,15,23H,14H2,1-4H3. The lowest BCUT2D eigenvalue weighted by Gasteiger charge is -2.27. The van der Waals surface area contributed by atoms with Crippen LogP contribution in [0.1, 0.15) is 33.3 Å². The van der Waals surface area contributed by atoms with Gasteiger partial charge in [0, 0.05) is 11.7 Å². The van der Waals surface area contributed by atoms with E-state index in [0.29, 0.717) is 5.75 Å². The van der Waals surface area contributed by atoms with E-state index in [2.05, 4.69) is 0 Å². The van der Waals surface area contributed by atoms with Crippen molar-refractivity contribution in [1.29, 1.82) is 0 Å². The van der Waals surface area contributed by atoms with Gasteiger partial charge in [-0.2, -0.15) is 0 Å². The summed E-state index contributed by atoms with van der Waals surface area (Å²) in [5.74, 6) is 0.510. The SMILES string of the molecule is CC(C)N(C(=O)COc1ccc(C(C)(C)O)cc1)c1ccccc1. The zero-order chi connectivity index (χ0) is 17.7. The number of ether oxygens (including phenoxy) is 1. The van der Waals surface area contributed by atoms with Crippen molar-refractivity contribution in [1.82, 2.24) is 0 Å². The van der Waals surface area contributed by atoms with E-state index in [9.17, 15) is 9.90 Å². The predicted molar refractivity (Wildman–Crippen MR) is 96.2 cm³/mol. The van der Waals surface area contributed by atoms with Crippen molar-refractivity contribution in [3.8, 4) is 5.75 Å². The predicted octanol–water partition coefficient (Wildman–Crippen LogP) is 3.73. The summed E-state index contributed by atoms with van der Waals surface area (Å²) >= 11 is 0. The molecule has 4 heteroatoms. The van der Waals surface area contributed by atoms with Gasteiger partial charge in [-0.15, -0.1) is 0 Å². The summed E-state index contributed by atoms with van der Waals surface area (Å²) in [5, 5.41) is 9.96. The molecule has 0 saturated heterocycles. The Hall–Kier alpha value is -2.33. The minimum absolute atomic E-state index is 0.0328. The minimum atomic E-state index is -0.893. The minimum Gasteiger partial charge on any atom is -0.484 e. The lowest BCUT2D eigenvalue weighted by Crippen LogP contribution is -2.40. The van der Waals surface area contributed by atoms with Gasteiger partial charge >= 0.3 is 0 Å². The van der Waals surface area contributed by atoms with Gasteiger partial charge in [-0.05, 0) is 57.5 Å². The number of amides is 1. The van der Waals surface area contributed by atoms with Gasteiger partial charge < -0.3 is 14.7 Å². The van der Waals surface area contributed by atoms with Crippen molar-refractivity contribution in [3.63, 3.8) is 0 Å². The topological polar surface area (TPSA) is 49.8 Å². The van der Waals surface area contributed by atoms with Gasteiger partial charge in [-0.25, -0.2) is 0 Å². The number of anilines is 1. The second-order valence-corrected chi connectivity index (χ2v) is 6.57. The van der Waals surface area contributed by atoms with E-state index in [1.165, 1.54) is 0 Å². The fourth-order valence-corrected chi connectivity index (χ4v) is 2.49. The van der Waals surface area contributed by atoms with Crippen LogP contribution in [0.4, 0.5) is 5.69 Å². The molecule has 2 aromatic rings. The molecule has 1 N–H and O–H groups in total. The van der Waals surface area contributed by atoms with Crippen molar-refractivity contribution in [2.24, 2.45) is 0 Å².